The predicted molar refractivity (Wildman–Crippen MR) is 129 cm³/mol. The second kappa shape index (κ2) is 11.4. The summed E-state index contributed by atoms with van der Waals surface area (Å²) in [6.45, 7) is 4.78. The molecule has 0 bridgehead atoms. The van der Waals surface area contributed by atoms with Crippen LogP contribution < -0.4 is 10.6 Å². The summed E-state index contributed by atoms with van der Waals surface area (Å²) in [5.41, 5.74) is 4.55. The van der Waals surface area contributed by atoms with Crippen LogP contribution in [0.1, 0.15) is 50.2 Å². The van der Waals surface area contributed by atoms with Gasteiger partial charge in [0.1, 0.15) is 6.61 Å². The number of carbonyl (C=O) groups excluding carboxylic acids is 2. The maximum atomic E-state index is 12.3. The molecule has 1 aliphatic rings. The van der Waals surface area contributed by atoms with E-state index in [9.17, 15) is 14.4 Å². The molecule has 2 aromatic carbocycles. The van der Waals surface area contributed by atoms with Crippen LogP contribution >= 0.6 is 0 Å². The summed E-state index contributed by atoms with van der Waals surface area (Å²) < 4.78 is 5.56. The molecule has 0 heterocycles. The van der Waals surface area contributed by atoms with Crippen LogP contribution in [-0.4, -0.2) is 42.8 Å². The zero-order valence-corrected chi connectivity index (χ0v) is 19.5. The number of nitrogens with one attached hydrogen (secondary N) is 2. The highest BCUT2D eigenvalue weighted by Crippen LogP contribution is 2.44. The maximum Gasteiger partial charge on any atom is 0.407 e. The van der Waals surface area contributed by atoms with Crippen LogP contribution in [0, 0.1) is 17.3 Å². The molecule has 7 heteroatoms. The Morgan fingerprint density at radius 2 is 1.59 bits per heavy atom. The summed E-state index contributed by atoms with van der Waals surface area (Å²) >= 11 is 0. The molecule has 2 aromatic rings. The van der Waals surface area contributed by atoms with Gasteiger partial charge in [0.15, 0.2) is 0 Å². The monoisotopic (exact) mass is 462 g/mol. The van der Waals surface area contributed by atoms with E-state index < -0.39 is 12.1 Å². The first kappa shape index (κ1) is 24.8. The van der Waals surface area contributed by atoms with Crippen molar-refractivity contribution in [2.45, 2.75) is 39.0 Å². The van der Waals surface area contributed by atoms with Crippen molar-refractivity contribution in [3.8, 4) is 23.0 Å². The van der Waals surface area contributed by atoms with Gasteiger partial charge < -0.3 is 20.5 Å². The average molecular weight is 463 g/mol. The lowest BCUT2D eigenvalue weighted by Crippen LogP contribution is -2.30. The second-order valence-electron chi connectivity index (χ2n) is 9.05. The van der Waals surface area contributed by atoms with Gasteiger partial charge in [-0.25, -0.2) is 9.59 Å². The Labute approximate surface area is 199 Å². The van der Waals surface area contributed by atoms with Crippen molar-refractivity contribution in [2.75, 3.05) is 19.7 Å². The molecule has 178 valence electrons. The number of alkyl carbamates (subject to hydrolysis) is 1. The minimum atomic E-state index is -1.22. The van der Waals surface area contributed by atoms with Crippen LogP contribution in [0.5, 0.6) is 0 Å². The number of hydrogen-bond acceptors (Lipinski definition) is 4. The lowest BCUT2D eigenvalue weighted by atomic mass is 9.84. The Kier molecular flexibility index (Phi) is 8.31. The van der Waals surface area contributed by atoms with Crippen molar-refractivity contribution in [3.05, 3.63) is 59.7 Å². The van der Waals surface area contributed by atoms with E-state index >= 15 is 0 Å². The molecule has 0 spiro atoms. The van der Waals surface area contributed by atoms with E-state index in [0.717, 1.165) is 0 Å². The predicted octanol–water partition coefficient (Wildman–Crippen LogP) is 3.93. The average Bonchev–Trinajstić information content (AvgIpc) is 3.13. The number of rotatable bonds is 9. The van der Waals surface area contributed by atoms with E-state index in [-0.39, 0.29) is 30.4 Å². The molecule has 7 nitrogen and oxygen atoms in total. The number of carbonyl (C=O) groups is 3. The van der Waals surface area contributed by atoms with Gasteiger partial charge >= 0.3 is 12.1 Å². The van der Waals surface area contributed by atoms with Gasteiger partial charge in [-0.05, 0) is 40.5 Å². The normalized spacial score (nSPS) is 12.1. The summed E-state index contributed by atoms with van der Waals surface area (Å²) in [6, 6.07) is 16.4. The Morgan fingerprint density at radius 1 is 0.971 bits per heavy atom. The van der Waals surface area contributed by atoms with Gasteiger partial charge in [0.2, 0.25) is 5.91 Å². The first-order valence-electron chi connectivity index (χ1n) is 11.3. The number of fused-ring (bicyclic) bond motifs is 3. The topological polar surface area (TPSA) is 105 Å². The van der Waals surface area contributed by atoms with E-state index in [1.807, 2.05) is 44.0 Å². The van der Waals surface area contributed by atoms with E-state index in [1.54, 1.807) is 0 Å². The number of hydrogen-bond donors (Lipinski definition) is 3. The molecule has 0 fully saturated rings. The molecular formula is C27H30N2O5. The van der Waals surface area contributed by atoms with Gasteiger partial charge in [-0.15, -0.1) is 0 Å². The molecule has 1 aliphatic carbocycles. The largest absolute Gasteiger partial charge is 0.472 e. The number of carboxylic acids is 1. The van der Waals surface area contributed by atoms with Crippen LogP contribution in [-0.2, 0) is 14.3 Å². The summed E-state index contributed by atoms with van der Waals surface area (Å²) in [7, 11) is 0. The summed E-state index contributed by atoms with van der Waals surface area (Å²) in [5, 5.41) is 13.8. The van der Waals surface area contributed by atoms with Crippen LogP contribution in [0.25, 0.3) is 11.1 Å². The number of carboxylic acid groups (broad SMARTS) is 1. The minimum absolute atomic E-state index is 0.00883. The van der Waals surface area contributed by atoms with E-state index in [2.05, 4.69) is 40.8 Å². The van der Waals surface area contributed by atoms with Crippen molar-refractivity contribution in [1.29, 1.82) is 0 Å². The molecule has 0 atom stereocenters. The summed E-state index contributed by atoms with van der Waals surface area (Å²) in [4.78, 5) is 34.5. The molecule has 2 amide bonds. The molecule has 0 aromatic heterocycles. The smallest absolute Gasteiger partial charge is 0.407 e. The molecule has 3 rings (SSSR count). The van der Waals surface area contributed by atoms with Crippen LogP contribution in [0.2, 0.25) is 0 Å². The molecule has 0 aliphatic heterocycles. The molecule has 0 saturated carbocycles. The van der Waals surface area contributed by atoms with Gasteiger partial charge in [0.25, 0.3) is 0 Å². The molecule has 0 unspecified atom stereocenters. The fraction of sp³-hybridized carbons (Fsp3) is 0.370. The third-order valence-corrected chi connectivity index (χ3v) is 6.01. The SMILES string of the molecule is CC(C)(CCNC(=O)OCC1c2ccccc2-c2ccccc21)CCC(=O)NCC#CC(=O)O. The van der Waals surface area contributed by atoms with Crippen LogP contribution in [0.4, 0.5) is 4.79 Å². The van der Waals surface area contributed by atoms with Crippen LogP contribution in [0.3, 0.4) is 0 Å². The zero-order valence-electron chi connectivity index (χ0n) is 19.5. The van der Waals surface area contributed by atoms with Gasteiger partial charge in [-0.2, -0.15) is 0 Å². The Hall–Kier alpha value is -3.79. The Bertz CT molecular complexity index is 1070. The second-order valence-corrected chi connectivity index (χ2v) is 9.05. The fourth-order valence-electron chi connectivity index (χ4n) is 4.08. The zero-order chi connectivity index (χ0) is 24.6. The summed E-state index contributed by atoms with van der Waals surface area (Å²) in [6.07, 6.45) is 1.15. The van der Waals surface area contributed by atoms with Gasteiger partial charge in [0.05, 0.1) is 6.54 Å². The summed E-state index contributed by atoms with van der Waals surface area (Å²) in [5.74, 6) is 2.93. The molecule has 3 N–H and O–H groups in total. The number of ether oxygens (including phenoxy) is 1. The van der Waals surface area contributed by atoms with Crippen molar-refractivity contribution < 1.29 is 24.2 Å². The van der Waals surface area contributed by atoms with Crippen molar-refractivity contribution in [1.82, 2.24) is 10.6 Å². The molecule has 0 radical (unpaired) electrons. The van der Waals surface area contributed by atoms with E-state index in [0.29, 0.717) is 25.8 Å². The van der Waals surface area contributed by atoms with E-state index in [4.69, 9.17) is 9.84 Å². The van der Waals surface area contributed by atoms with Crippen molar-refractivity contribution in [3.63, 3.8) is 0 Å². The highest BCUT2D eigenvalue weighted by Gasteiger charge is 2.29. The Balaban J connectivity index is 1.40. The van der Waals surface area contributed by atoms with Crippen molar-refractivity contribution in [2.24, 2.45) is 5.41 Å². The third-order valence-electron chi connectivity index (χ3n) is 6.01. The number of amides is 2. The van der Waals surface area contributed by atoms with Crippen molar-refractivity contribution >= 4 is 18.0 Å². The maximum absolute atomic E-state index is 12.3. The van der Waals surface area contributed by atoms with Gasteiger partial charge in [-0.1, -0.05) is 68.3 Å². The standard InChI is InChI=1S/C27H30N2O5/c1-27(2,14-13-24(30)28-16-7-12-25(31)32)15-17-29-26(33)34-18-23-21-10-5-3-8-19(21)20-9-4-6-11-22(20)23/h3-6,8-11,23H,13-18H2,1-2H3,(H,28,30)(H,29,33)(H,31,32). The lowest BCUT2D eigenvalue weighted by Gasteiger charge is -2.24. The van der Waals surface area contributed by atoms with E-state index in [1.165, 1.54) is 22.3 Å². The van der Waals surface area contributed by atoms with Gasteiger partial charge in [-0.3, -0.25) is 4.79 Å². The third kappa shape index (κ3) is 6.85. The Morgan fingerprint density at radius 3 is 2.21 bits per heavy atom. The number of aliphatic carboxylic acids is 1. The quantitative estimate of drug-likeness (QED) is 0.490. The number of benzene rings is 2. The first-order chi connectivity index (χ1) is 16.3. The van der Waals surface area contributed by atoms with Crippen LogP contribution in [0.15, 0.2) is 48.5 Å². The van der Waals surface area contributed by atoms with Gasteiger partial charge in [0, 0.05) is 24.8 Å². The lowest BCUT2D eigenvalue weighted by molar-refractivity contribution is -0.130. The fourth-order valence-corrected chi connectivity index (χ4v) is 4.08. The minimum Gasteiger partial charge on any atom is -0.472 e. The highest BCUT2D eigenvalue weighted by atomic mass is 16.5. The molecular weight excluding hydrogens is 432 g/mol. The first-order valence-corrected chi connectivity index (χ1v) is 11.3. The molecule has 34 heavy (non-hydrogen) atoms. The highest BCUT2D eigenvalue weighted by molar-refractivity contribution is 5.86. The molecule has 0 saturated heterocycles.